The van der Waals surface area contributed by atoms with Crippen LogP contribution in [0.4, 0.5) is 0 Å². The molecule has 0 aromatic heterocycles. The van der Waals surface area contributed by atoms with Crippen LogP contribution in [0.5, 0.6) is 0 Å². The summed E-state index contributed by atoms with van der Waals surface area (Å²) >= 11 is 6.35. The van der Waals surface area contributed by atoms with Crippen LogP contribution in [0, 0.1) is 5.41 Å². The van der Waals surface area contributed by atoms with Crippen molar-refractivity contribution in [2.24, 2.45) is 5.41 Å². The second-order valence-electron chi connectivity index (χ2n) is 4.99. The minimum Gasteiger partial charge on any atom is -0.375 e. The molecule has 2 heteroatoms. The third kappa shape index (κ3) is 1.59. The molecule has 82 valence electrons. The Morgan fingerprint density at radius 2 is 2.07 bits per heavy atom. The van der Waals surface area contributed by atoms with Crippen molar-refractivity contribution in [1.29, 1.82) is 0 Å². The van der Waals surface area contributed by atoms with E-state index in [0.717, 1.165) is 12.8 Å². The number of halogens is 1. The normalized spacial score (nSPS) is 37.1. The second kappa shape index (κ2) is 4.02. The first-order chi connectivity index (χ1) is 6.69. The highest BCUT2D eigenvalue weighted by atomic mass is 35.5. The quantitative estimate of drug-likeness (QED) is 0.653. The van der Waals surface area contributed by atoms with Crippen LogP contribution in [-0.2, 0) is 4.74 Å². The van der Waals surface area contributed by atoms with Crippen LogP contribution >= 0.6 is 11.6 Å². The van der Waals surface area contributed by atoms with Crippen molar-refractivity contribution in [3.8, 4) is 0 Å². The van der Waals surface area contributed by atoms with E-state index in [1.54, 1.807) is 0 Å². The molecule has 0 aliphatic heterocycles. The van der Waals surface area contributed by atoms with Gasteiger partial charge >= 0.3 is 0 Å². The highest BCUT2D eigenvalue weighted by molar-refractivity contribution is 6.21. The summed E-state index contributed by atoms with van der Waals surface area (Å²) < 4.78 is 6.06. The van der Waals surface area contributed by atoms with Gasteiger partial charge in [-0.2, -0.15) is 0 Å². The molecule has 3 atom stereocenters. The summed E-state index contributed by atoms with van der Waals surface area (Å²) in [6.45, 7) is 4.35. The van der Waals surface area contributed by atoms with Gasteiger partial charge in [-0.15, -0.1) is 11.6 Å². The van der Waals surface area contributed by atoms with E-state index < -0.39 is 0 Å². The molecule has 0 bridgehead atoms. The van der Waals surface area contributed by atoms with Gasteiger partial charge in [0, 0.05) is 10.8 Å². The number of ether oxygens (including phenoxy) is 1. The molecule has 3 unspecified atom stereocenters. The molecule has 2 rings (SSSR count). The lowest BCUT2D eigenvalue weighted by Gasteiger charge is -2.52. The van der Waals surface area contributed by atoms with E-state index in [2.05, 4.69) is 13.8 Å². The molecule has 2 fully saturated rings. The third-order valence-corrected chi connectivity index (χ3v) is 4.80. The molecule has 0 saturated heterocycles. The summed E-state index contributed by atoms with van der Waals surface area (Å²) in [5.74, 6) is 0. The van der Waals surface area contributed by atoms with Gasteiger partial charge in [0.2, 0.25) is 0 Å². The van der Waals surface area contributed by atoms with Gasteiger partial charge in [0.1, 0.15) is 0 Å². The number of hydrogen-bond donors (Lipinski definition) is 0. The predicted octanol–water partition coefficient (Wildman–Crippen LogP) is 3.74. The highest BCUT2D eigenvalue weighted by Crippen LogP contribution is 2.57. The Balaban J connectivity index is 1.94. The lowest BCUT2D eigenvalue weighted by atomic mass is 9.64. The Bertz CT molecular complexity index is 198. The lowest BCUT2D eigenvalue weighted by molar-refractivity contribution is -0.132. The van der Waals surface area contributed by atoms with Crippen LogP contribution in [0.25, 0.3) is 0 Å². The average Bonchev–Trinajstić information content (AvgIpc) is 2.68. The van der Waals surface area contributed by atoms with Crippen LogP contribution in [0.1, 0.15) is 52.4 Å². The molecule has 2 saturated carbocycles. The van der Waals surface area contributed by atoms with E-state index in [4.69, 9.17) is 16.3 Å². The molecular weight excluding hydrogens is 196 g/mol. The van der Waals surface area contributed by atoms with Gasteiger partial charge < -0.3 is 4.74 Å². The van der Waals surface area contributed by atoms with Gasteiger partial charge in [-0.25, -0.2) is 0 Å². The fourth-order valence-corrected chi connectivity index (χ4v) is 3.46. The lowest BCUT2D eigenvalue weighted by Crippen LogP contribution is -2.55. The Kier molecular flexibility index (Phi) is 3.09. The second-order valence-corrected chi connectivity index (χ2v) is 5.51. The Morgan fingerprint density at radius 1 is 1.43 bits per heavy atom. The van der Waals surface area contributed by atoms with Crippen LogP contribution < -0.4 is 0 Å². The minimum atomic E-state index is 0.366. The zero-order valence-corrected chi connectivity index (χ0v) is 10.0. The zero-order valence-electron chi connectivity index (χ0n) is 9.26. The van der Waals surface area contributed by atoms with Gasteiger partial charge in [-0.3, -0.25) is 0 Å². The van der Waals surface area contributed by atoms with Gasteiger partial charge in [0.25, 0.3) is 0 Å². The SMILES string of the molecule is CCC(C)OC1CC(Cl)C12CCCC2. The zero-order chi connectivity index (χ0) is 10.2. The molecule has 2 aliphatic carbocycles. The predicted molar refractivity (Wildman–Crippen MR) is 59.8 cm³/mol. The minimum absolute atomic E-state index is 0.366. The van der Waals surface area contributed by atoms with Crippen molar-refractivity contribution in [2.45, 2.75) is 70.0 Å². The Labute approximate surface area is 92.2 Å². The van der Waals surface area contributed by atoms with E-state index in [9.17, 15) is 0 Å². The van der Waals surface area contributed by atoms with Gasteiger partial charge in [-0.1, -0.05) is 19.8 Å². The summed E-state index contributed by atoms with van der Waals surface area (Å²) in [6, 6.07) is 0. The number of alkyl halides is 1. The maximum absolute atomic E-state index is 6.35. The first kappa shape index (κ1) is 10.8. The molecule has 0 radical (unpaired) electrons. The van der Waals surface area contributed by atoms with E-state index in [-0.39, 0.29) is 0 Å². The third-order valence-electron chi connectivity index (χ3n) is 4.19. The van der Waals surface area contributed by atoms with Crippen LogP contribution in [0.15, 0.2) is 0 Å². The van der Waals surface area contributed by atoms with Crippen LogP contribution in [0.3, 0.4) is 0 Å². The van der Waals surface area contributed by atoms with Gasteiger partial charge in [-0.05, 0) is 32.6 Å². The summed E-state index contributed by atoms with van der Waals surface area (Å²) in [6.07, 6.45) is 8.34. The molecule has 1 spiro atoms. The van der Waals surface area contributed by atoms with Crippen molar-refractivity contribution in [3.63, 3.8) is 0 Å². The van der Waals surface area contributed by atoms with Crippen molar-refractivity contribution in [1.82, 2.24) is 0 Å². The van der Waals surface area contributed by atoms with Gasteiger partial charge in [0.15, 0.2) is 0 Å². The number of hydrogen-bond acceptors (Lipinski definition) is 1. The average molecular weight is 217 g/mol. The van der Waals surface area contributed by atoms with E-state index >= 15 is 0 Å². The van der Waals surface area contributed by atoms with E-state index in [1.807, 2.05) is 0 Å². The summed E-state index contributed by atoms with van der Waals surface area (Å²) in [4.78, 5) is 0. The summed E-state index contributed by atoms with van der Waals surface area (Å²) in [5.41, 5.74) is 0.366. The molecule has 0 heterocycles. The molecule has 14 heavy (non-hydrogen) atoms. The molecule has 0 aromatic rings. The van der Waals surface area contributed by atoms with Crippen LogP contribution in [-0.4, -0.2) is 17.6 Å². The first-order valence-electron chi connectivity index (χ1n) is 5.98. The van der Waals surface area contributed by atoms with E-state index in [0.29, 0.717) is 23.0 Å². The molecule has 0 amide bonds. The van der Waals surface area contributed by atoms with Crippen molar-refractivity contribution in [2.75, 3.05) is 0 Å². The summed E-state index contributed by atoms with van der Waals surface area (Å²) in [7, 11) is 0. The highest BCUT2D eigenvalue weighted by Gasteiger charge is 2.56. The van der Waals surface area contributed by atoms with Crippen molar-refractivity contribution in [3.05, 3.63) is 0 Å². The smallest absolute Gasteiger partial charge is 0.0663 e. The van der Waals surface area contributed by atoms with Crippen molar-refractivity contribution >= 4 is 11.6 Å². The first-order valence-corrected chi connectivity index (χ1v) is 6.42. The molecule has 0 aromatic carbocycles. The Morgan fingerprint density at radius 3 is 2.57 bits per heavy atom. The van der Waals surface area contributed by atoms with Crippen LogP contribution in [0.2, 0.25) is 0 Å². The van der Waals surface area contributed by atoms with E-state index in [1.165, 1.54) is 25.7 Å². The Hall–Kier alpha value is 0.250. The fraction of sp³-hybridized carbons (Fsp3) is 1.00. The topological polar surface area (TPSA) is 9.23 Å². The van der Waals surface area contributed by atoms with Gasteiger partial charge in [0.05, 0.1) is 12.2 Å². The molecule has 1 nitrogen and oxygen atoms in total. The van der Waals surface area contributed by atoms with Crippen molar-refractivity contribution < 1.29 is 4.74 Å². The maximum atomic E-state index is 6.35. The fourth-order valence-electron chi connectivity index (χ4n) is 2.93. The number of rotatable bonds is 3. The maximum Gasteiger partial charge on any atom is 0.0663 e. The molecule has 0 N–H and O–H groups in total. The standard InChI is InChI=1S/C12H21ClO/c1-3-9(2)14-11-8-10(13)12(11)6-4-5-7-12/h9-11H,3-8H2,1-2H3. The largest absolute Gasteiger partial charge is 0.375 e. The summed E-state index contributed by atoms with van der Waals surface area (Å²) in [5, 5.41) is 0.388. The molecular formula is C12H21ClO. The molecule has 2 aliphatic rings. The monoisotopic (exact) mass is 216 g/mol.